The molecule has 0 atom stereocenters. The van der Waals surface area contributed by atoms with E-state index in [1.807, 2.05) is 0 Å². The summed E-state index contributed by atoms with van der Waals surface area (Å²) in [5.41, 5.74) is -0.569. The topological polar surface area (TPSA) is 89.9 Å². The van der Waals surface area contributed by atoms with Gasteiger partial charge in [-0.15, -0.1) is 0 Å². The quantitative estimate of drug-likeness (QED) is 0.670. The molecule has 108 valence electrons. The molecule has 0 saturated heterocycles. The number of hydrogen-bond acceptors (Lipinski definition) is 3. The van der Waals surface area contributed by atoms with Gasteiger partial charge in [-0.05, 0) is 38.5 Å². The fourth-order valence-corrected chi connectivity index (χ4v) is 2.79. The van der Waals surface area contributed by atoms with Crippen molar-refractivity contribution < 1.29 is 19.8 Å². The van der Waals surface area contributed by atoms with Crippen LogP contribution < -0.4 is 5.32 Å². The van der Waals surface area contributed by atoms with Crippen LogP contribution in [-0.4, -0.2) is 51.8 Å². The van der Waals surface area contributed by atoms with E-state index in [0.29, 0.717) is 6.54 Å². The molecule has 0 radical (unpaired) electrons. The van der Waals surface area contributed by atoms with Crippen LogP contribution in [0.1, 0.15) is 44.9 Å². The van der Waals surface area contributed by atoms with Crippen molar-refractivity contribution in [2.45, 2.75) is 56.5 Å². The monoisotopic (exact) mass is 270 g/mol. The van der Waals surface area contributed by atoms with Crippen molar-refractivity contribution >= 4 is 12.0 Å². The third-order valence-electron chi connectivity index (χ3n) is 4.29. The minimum Gasteiger partial charge on any atom is -0.481 e. The molecule has 2 fully saturated rings. The van der Waals surface area contributed by atoms with Crippen molar-refractivity contribution in [3.63, 3.8) is 0 Å². The SMILES string of the molecule is O=C(O)CC1(NC(=O)N(CCO)C2CCC2)CCC1. The molecule has 6 nitrogen and oxygen atoms in total. The van der Waals surface area contributed by atoms with E-state index < -0.39 is 11.5 Å². The first-order valence-corrected chi connectivity index (χ1v) is 6.98. The number of carboxylic acid groups (broad SMARTS) is 1. The molecule has 2 saturated carbocycles. The lowest BCUT2D eigenvalue weighted by molar-refractivity contribution is -0.139. The second kappa shape index (κ2) is 5.77. The Kier molecular flexibility index (Phi) is 4.29. The van der Waals surface area contributed by atoms with Crippen LogP contribution in [0.25, 0.3) is 0 Å². The standard InChI is InChI=1S/C13H22N2O4/c16-8-7-15(10-3-1-4-10)12(19)14-13(5-2-6-13)9-11(17)18/h10,16H,1-9H2,(H,14,19)(H,17,18). The fraction of sp³-hybridized carbons (Fsp3) is 0.846. The minimum atomic E-state index is -0.877. The van der Waals surface area contributed by atoms with Gasteiger partial charge in [0.2, 0.25) is 0 Å². The van der Waals surface area contributed by atoms with Crippen molar-refractivity contribution in [1.82, 2.24) is 10.2 Å². The number of aliphatic carboxylic acids is 1. The lowest BCUT2D eigenvalue weighted by Crippen LogP contribution is -2.60. The molecule has 2 rings (SSSR count). The summed E-state index contributed by atoms with van der Waals surface area (Å²) in [6, 6.07) is -0.0196. The van der Waals surface area contributed by atoms with E-state index >= 15 is 0 Å². The van der Waals surface area contributed by atoms with Gasteiger partial charge in [-0.3, -0.25) is 4.79 Å². The van der Waals surface area contributed by atoms with Crippen LogP contribution in [0.15, 0.2) is 0 Å². The molecule has 0 heterocycles. The first kappa shape index (κ1) is 14.1. The van der Waals surface area contributed by atoms with E-state index in [-0.39, 0.29) is 25.1 Å². The van der Waals surface area contributed by atoms with Crippen LogP contribution in [0, 0.1) is 0 Å². The summed E-state index contributed by atoms with van der Waals surface area (Å²) in [5, 5.41) is 20.9. The summed E-state index contributed by atoms with van der Waals surface area (Å²) >= 11 is 0. The third kappa shape index (κ3) is 3.18. The van der Waals surface area contributed by atoms with E-state index in [1.54, 1.807) is 4.90 Å². The Hall–Kier alpha value is -1.30. The van der Waals surface area contributed by atoms with Crippen molar-refractivity contribution in [1.29, 1.82) is 0 Å². The lowest BCUT2D eigenvalue weighted by atomic mass is 9.74. The normalized spacial score (nSPS) is 21.1. The van der Waals surface area contributed by atoms with Crippen LogP contribution in [0.3, 0.4) is 0 Å². The van der Waals surface area contributed by atoms with Crippen LogP contribution in [0.2, 0.25) is 0 Å². The molecule has 0 aliphatic heterocycles. The maximum absolute atomic E-state index is 12.3. The number of hydrogen-bond donors (Lipinski definition) is 3. The predicted molar refractivity (Wildman–Crippen MR) is 68.8 cm³/mol. The number of nitrogens with one attached hydrogen (secondary N) is 1. The number of aliphatic hydroxyl groups is 1. The number of urea groups is 1. The van der Waals surface area contributed by atoms with E-state index in [1.165, 1.54) is 0 Å². The molecule has 6 heteroatoms. The number of carbonyl (C=O) groups is 2. The van der Waals surface area contributed by atoms with Gasteiger partial charge in [-0.2, -0.15) is 0 Å². The molecule has 19 heavy (non-hydrogen) atoms. The second-order valence-electron chi connectivity index (χ2n) is 5.64. The average Bonchev–Trinajstić information content (AvgIpc) is 2.22. The highest BCUT2D eigenvalue weighted by Crippen LogP contribution is 2.35. The Labute approximate surface area is 112 Å². The van der Waals surface area contributed by atoms with E-state index in [2.05, 4.69) is 5.32 Å². The Morgan fingerprint density at radius 1 is 1.26 bits per heavy atom. The molecule has 0 unspecified atom stereocenters. The van der Waals surface area contributed by atoms with Gasteiger partial charge >= 0.3 is 12.0 Å². The number of nitrogens with zero attached hydrogens (tertiary/aromatic N) is 1. The maximum atomic E-state index is 12.3. The predicted octanol–water partition coefficient (Wildman–Crippen LogP) is 0.940. The third-order valence-corrected chi connectivity index (χ3v) is 4.29. The Bertz CT molecular complexity index is 351. The number of rotatable bonds is 6. The van der Waals surface area contributed by atoms with Crippen molar-refractivity contribution in [2.24, 2.45) is 0 Å². The molecular weight excluding hydrogens is 248 g/mol. The Morgan fingerprint density at radius 3 is 2.32 bits per heavy atom. The highest BCUT2D eigenvalue weighted by molar-refractivity contribution is 5.77. The van der Waals surface area contributed by atoms with Gasteiger partial charge in [0.1, 0.15) is 0 Å². The smallest absolute Gasteiger partial charge is 0.318 e. The molecule has 0 aromatic rings. The van der Waals surface area contributed by atoms with Crippen LogP contribution in [0.5, 0.6) is 0 Å². The van der Waals surface area contributed by atoms with Crippen LogP contribution >= 0.6 is 0 Å². The zero-order valence-corrected chi connectivity index (χ0v) is 11.1. The van der Waals surface area contributed by atoms with Gasteiger partial charge in [-0.25, -0.2) is 4.79 Å². The van der Waals surface area contributed by atoms with Gasteiger partial charge in [0.25, 0.3) is 0 Å². The summed E-state index contributed by atoms with van der Waals surface area (Å²) in [4.78, 5) is 24.8. The number of carbonyl (C=O) groups excluding carboxylic acids is 1. The van der Waals surface area contributed by atoms with Gasteiger partial charge < -0.3 is 20.4 Å². The summed E-state index contributed by atoms with van der Waals surface area (Å²) in [5.74, 6) is -0.877. The highest BCUT2D eigenvalue weighted by Gasteiger charge is 2.42. The molecule has 2 aliphatic carbocycles. The minimum absolute atomic E-state index is 0.0175. The summed E-state index contributed by atoms with van der Waals surface area (Å²) in [6.07, 6.45) is 5.44. The van der Waals surface area contributed by atoms with Crippen molar-refractivity contribution in [3.05, 3.63) is 0 Å². The van der Waals surface area contributed by atoms with E-state index in [4.69, 9.17) is 10.2 Å². The van der Waals surface area contributed by atoms with Crippen molar-refractivity contribution in [2.75, 3.05) is 13.2 Å². The maximum Gasteiger partial charge on any atom is 0.318 e. The van der Waals surface area contributed by atoms with Crippen LogP contribution in [-0.2, 0) is 4.79 Å². The fourth-order valence-electron chi connectivity index (χ4n) is 2.79. The molecule has 2 amide bonds. The van der Waals surface area contributed by atoms with Crippen molar-refractivity contribution in [3.8, 4) is 0 Å². The van der Waals surface area contributed by atoms with Gasteiger partial charge in [0.05, 0.1) is 18.6 Å². The van der Waals surface area contributed by atoms with E-state index in [9.17, 15) is 9.59 Å². The molecule has 0 spiro atoms. The summed E-state index contributed by atoms with van der Waals surface area (Å²) < 4.78 is 0. The average molecular weight is 270 g/mol. The van der Waals surface area contributed by atoms with Gasteiger partial charge in [0.15, 0.2) is 0 Å². The molecule has 0 aromatic carbocycles. The zero-order chi connectivity index (χ0) is 13.9. The molecule has 0 aromatic heterocycles. The van der Waals surface area contributed by atoms with E-state index in [0.717, 1.165) is 38.5 Å². The first-order valence-electron chi connectivity index (χ1n) is 6.98. The van der Waals surface area contributed by atoms with Gasteiger partial charge in [0, 0.05) is 12.6 Å². The van der Waals surface area contributed by atoms with Crippen LogP contribution in [0.4, 0.5) is 4.79 Å². The molecule has 0 bridgehead atoms. The highest BCUT2D eigenvalue weighted by atomic mass is 16.4. The Balaban J connectivity index is 1.94. The largest absolute Gasteiger partial charge is 0.481 e. The lowest BCUT2D eigenvalue weighted by Gasteiger charge is -2.45. The number of amides is 2. The molecule has 2 aliphatic rings. The number of carboxylic acids is 1. The molecule has 3 N–H and O–H groups in total. The summed E-state index contributed by atoms with van der Waals surface area (Å²) in [7, 11) is 0. The second-order valence-corrected chi connectivity index (χ2v) is 5.64. The van der Waals surface area contributed by atoms with Gasteiger partial charge in [-0.1, -0.05) is 0 Å². The Morgan fingerprint density at radius 2 is 1.95 bits per heavy atom. The summed E-state index contributed by atoms with van der Waals surface area (Å²) in [6.45, 7) is 0.259. The number of aliphatic hydroxyl groups excluding tert-OH is 1. The first-order chi connectivity index (χ1) is 9.06. The zero-order valence-electron chi connectivity index (χ0n) is 11.1. The molecular formula is C13H22N2O4.